The average molecular weight is 205 g/mol. The zero-order valence-electron chi connectivity index (χ0n) is 6.85. The Morgan fingerprint density at radius 2 is 1.77 bits per heavy atom. The second-order valence-electron chi connectivity index (χ2n) is 2.30. The van der Waals surface area contributed by atoms with Gasteiger partial charge < -0.3 is 4.74 Å². The zero-order chi connectivity index (χ0) is 9.84. The molecule has 0 amide bonds. The van der Waals surface area contributed by atoms with Gasteiger partial charge in [0.15, 0.2) is 0 Å². The van der Waals surface area contributed by atoms with Gasteiger partial charge in [-0.05, 0) is 29.8 Å². The highest BCUT2D eigenvalue weighted by molar-refractivity contribution is 6.48. The molecule has 0 aliphatic rings. The van der Waals surface area contributed by atoms with E-state index >= 15 is 0 Å². The molecule has 70 valence electrons. The first-order chi connectivity index (χ1) is 6.15. The van der Waals surface area contributed by atoms with Gasteiger partial charge in [0.1, 0.15) is 10.8 Å². The van der Waals surface area contributed by atoms with Crippen molar-refractivity contribution in [3.05, 3.63) is 35.9 Å². The largest absolute Gasteiger partial charge is 0.497 e. The molecule has 1 aromatic carbocycles. The number of rotatable bonds is 2. The molecule has 0 radical (unpaired) electrons. The number of halogens is 3. The summed E-state index contributed by atoms with van der Waals surface area (Å²) in [6.07, 6.45) is -1.88. The Hall–Kier alpha value is -1.09. The molecule has 1 rings (SSSR count). The molecule has 1 aromatic rings. The third kappa shape index (κ3) is 2.42. The van der Waals surface area contributed by atoms with Gasteiger partial charge in [0.25, 0.3) is 6.08 Å². The molecule has 0 aromatic heterocycles. The molecular formula is C9H7ClF2O. The quantitative estimate of drug-likeness (QED) is 0.717. The number of benzene rings is 1. The zero-order valence-corrected chi connectivity index (χ0v) is 7.61. The standard InChI is InChI=1S/C9H7ClF2O/c1-13-7-4-2-6(3-5-7)8(10)9(11)12/h2-5H,1H3. The second-order valence-corrected chi connectivity index (χ2v) is 2.68. The molecule has 4 heteroatoms. The van der Waals surface area contributed by atoms with Crippen molar-refractivity contribution in [1.29, 1.82) is 0 Å². The molecular weight excluding hydrogens is 198 g/mol. The maximum Gasteiger partial charge on any atom is 0.289 e. The molecule has 0 spiro atoms. The lowest BCUT2D eigenvalue weighted by atomic mass is 10.2. The Balaban J connectivity index is 2.99. The highest BCUT2D eigenvalue weighted by atomic mass is 35.5. The third-order valence-corrected chi connectivity index (χ3v) is 1.87. The minimum Gasteiger partial charge on any atom is -0.497 e. The molecule has 0 saturated carbocycles. The van der Waals surface area contributed by atoms with Gasteiger partial charge >= 0.3 is 0 Å². The minimum atomic E-state index is -1.88. The van der Waals surface area contributed by atoms with Crippen LogP contribution in [0.3, 0.4) is 0 Å². The summed E-state index contributed by atoms with van der Waals surface area (Å²) in [4.78, 5) is 0. The van der Waals surface area contributed by atoms with E-state index in [-0.39, 0.29) is 5.56 Å². The molecule has 0 heterocycles. The van der Waals surface area contributed by atoms with E-state index in [9.17, 15) is 8.78 Å². The van der Waals surface area contributed by atoms with Crippen LogP contribution in [0.25, 0.3) is 5.03 Å². The second kappa shape index (κ2) is 4.23. The van der Waals surface area contributed by atoms with Gasteiger partial charge in [0.05, 0.1) is 7.11 Å². The van der Waals surface area contributed by atoms with Gasteiger partial charge in [0, 0.05) is 0 Å². The van der Waals surface area contributed by atoms with E-state index in [4.69, 9.17) is 16.3 Å². The summed E-state index contributed by atoms with van der Waals surface area (Å²) in [5.41, 5.74) is 0.280. The molecule has 0 bridgehead atoms. The Bertz CT molecular complexity index is 315. The Morgan fingerprint density at radius 1 is 1.23 bits per heavy atom. The van der Waals surface area contributed by atoms with Gasteiger partial charge in [-0.15, -0.1) is 0 Å². The summed E-state index contributed by atoms with van der Waals surface area (Å²) < 4.78 is 28.9. The van der Waals surface area contributed by atoms with Crippen LogP contribution < -0.4 is 4.74 Å². The van der Waals surface area contributed by atoms with Gasteiger partial charge in [0.2, 0.25) is 0 Å². The van der Waals surface area contributed by atoms with Crippen molar-refractivity contribution in [3.63, 3.8) is 0 Å². The van der Waals surface area contributed by atoms with Crippen LogP contribution in [0.15, 0.2) is 30.3 Å². The fraction of sp³-hybridized carbons (Fsp3) is 0.111. The first-order valence-corrected chi connectivity index (χ1v) is 3.88. The third-order valence-electron chi connectivity index (χ3n) is 1.51. The van der Waals surface area contributed by atoms with Crippen LogP contribution in [0.2, 0.25) is 0 Å². The van der Waals surface area contributed by atoms with Gasteiger partial charge in [-0.3, -0.25) is 0 Å². The van der Waals surface area contributed by atoms with Crippen molar-refractivity contribution >= 4 is 16.6 Å². The van der Waals surface area contributed by atoms with E-state index in [0.29, 0.717) is 5.75 Å². The normalized spacial score (nSPS) is 9.54. The number of methoxy groups -OCH3 is 1. The number of ether oxygens (including phenoxy) is 1. The molecule has 0 unspecified atom stereocenters. The van der Waals surface area contributed by atoms with Gasteiger partial charge in [-0.25, -0.2) is 0 Å². The molecule has 0 saturated heterocycles. The van der Waals surface area contributed by atoms with E-state index in [2.05, 4.69) is 0 Å². The van der Waals surface area contributed by atoms with Crippen LogP contribution in [0.1, 0.15) is 5.56 Å². The topological polar surface area (TPSA) is 9.23 Å². The predicted octanol–water partition coefficient (Wildman–Crippen LogP) is 3.50. The lowest BCUT2D eigenvalue weighted by molar-refractivity contribution is 0.414. The van der Waals surface area contributed by atoms with Crippen LogP contribution >= 0.6 is 11.6 Å². The van der Waals surface area contributed by atoms with E-state index in [1.807, 2.05) is 0 Å². The lowest BCUT2D eigenvalue weighted by Crippen LogP contribution is -1.83. The molecule has 0 fully saturated rings. The summed E-state index contributed by atoms with van der Waals surface area (Å²) in [5, 5.41) is -0.525. The Labute approximate surface area is 79.6 Å². The summed E-state index contributed by atoms with van der Waals surface area (Å²) in [5.74, 6) is 0.604. The SMILES string of the molecule is COc1ccc(C(Cl)=C(F)F)cc1. The molecule has 1 nitrogen and oxygen atoms in total. The van der Waals surface area contributed by atoms with Crippen molar-refractivity contribution in [1.82, 2.24) is 0 Å². The molecule has 13 heavy (non-hydrogen) atoms. The summed E-state index contributed by atoms with van der Waals surface area (Å²) >= 11 is 5.33. The number of hydrogen-bond acceptors (Lipinski definition) is 1. The summed E-state index contributed by atoms with van der Waals surface area (Å²) in [6.45, 7) is 0. The lowest BCUT2D eigenvalue weighted by Gasteiger charge is -2.00. The van der Waals surface area contributed by atoms with E-state index in [1.54, 1.807) is 12.1 Å². The fourth-order valence-corrected chi connectivity index (χ4v) is 0.972. The monoisotopic (exact) mass is 204 g/mol. The minimum absolute atomic E-state index is 0.280. The average Bonchev–Trinajstić information content (AvgIpc) is 2.17. The Morgan fingerprint density at radius 3 is 2.15 bits per heavy atom. The predicted molar refractivity (Wildman–Crippen MR) is 48.0 cm³/mol. The van der Waals surface area contributed by atoms with Crippen molar-refractivity contribution in [2.75, 3.05) is 7.11 Å². The first kappa shape index (κ1) is 9.99. The van der Waals surface area contributed by atoms with E-state index in [0.717, 1.165) is 0 Å². The molecule has 0 aliphatic carbocycles. The number of hydrogen-bond donors (Lipinski definition) is 0. The van der Waals surface area contributed by atoms with Crippen molar-refractivity contribution in [2.45, 2.75) is 0 Å². The van der Waals surface area contributed by atoms with Crippen LogP contribution in [-0.4, -0.2) is 7.11 Å². The molecule has 0 aliphatic heterocycles. The van der Waals surface area contributed by atoms with Crippen molar-refractivity contribution in [3.8, 4) is 5.75 Å². The maximum absolute atomic E-state index is 12.0. The van der Waals surface area contributed by atoms with Crippen LogP contribution in [0, 0.1) is 0 Å². The van der Waals surface area contributed by atoms with Crippen LogP contribution in [-0.2, 0) is 0 Å². The summed E-state index contributed by atoms with van der Waals surface area (Å²) in [6, 6.07) is 6.09. The fourth-order valence-electron chi connectivity index (χ4n) is 0.846. The van der Waals surface area contributed by atoms with E-state index in [1.165, 1.54) is 19.2 Å². The van der Waals surface area contributed by atoms with E-state index < -0.39 is 11.1 Å². The van der Waals surface area contributed by atoms with Gasteiger partial charge in [-0.1, -0.05) is 11.6 Å². The maximum atomic E-state index is 12.0. The highest BCUT2D eigenvalue weighted by Gasteiger charge is 2.05. The highest BCUT2D eigenvalue weighted by Crippen LogP contribution is 2.26. The van der Waals surface area contributed by atoms with Crippen molar-refractivity contribution < 1.29 is 13.5 Å². The van der Waals surface area contributed by atoms with Crippen molar-refractivity contribution in [2.24, 2.45) is 0 Å². The summed E-state index contributed by atoms with van der Waals surface area (Å²) in [7, 11) is 1.50. The molecule has 0 atom stereocenters. The smallest absolute Gasteiger partial charge is 0.289 e. The van der Waals surface area contributed by atoms with Crippen LogP contribution in [0.4, 0.5) is 8.78 Å². The Kier molecular flexibility index (Phi) is 3.25. The van der Waals surface area contributed by atoms with Gasteiger partial charge in [-0.2, -0.15) is 8.78 Å². The first-order valence-electron chi connectivity index (χ1n) is 3.50. The molecule has 0 N–H and O–H groups in total. The van der Waals surface area contributed by atoms with Crippen LogP contribution in [0.5, 0.6) is 5.75 Å².